The van der Waals surface area contributed by atoms with Gasteiger partial charge < -0.3 is 0 Å². The molecule has 1 radical (unpaired) electrons. The fraction of sp³-hybridized carbons (Fsp3) is 0. The minimum atomic E-state index is 0.836. The van der Waals surface area contributed by atoms with Crippen LogP contribution in [0.3, 0.4) is 0 Å². The molecule has 0 aliphatic carbocycles. The number of rotatable bonds is 1. The summed E-state index contributed by atoms with van der Waals surface area (Å²) >= 11 is 6.09. The first-order chi connectivity index (χ1) is 2.81. The van der Waals surface area contributed by atoms with Crippen LogP contribution in [0.2, 0.25) is 0 Å². The Morgan fingerprint density at radius 2 is 2.33 bits per heavy atom. The Morgan fingerprint density at radius 3 is 2.33 bits per heavy atom. The normalized spacial score (nSPS) is 11.3. The first-order valence-electron chi connectivity index (χ1n) is 1.32. The molecule has 0 aliphatic rings. The number of allylic oxidation sites excluding steroid dienone is 2. The average Bonchev–Trinajstić information content (AvgIpc) is 1.65. The molecule has 0 nitrogen and oxygen atoms in total. The molecule has 2 heteroatoms. The van der Waals surface area contributed by atoms with Crippen molar-refractivity contribution in [3.8, 4) is 0 Å². The predicted octanol–water partition coefficient (Wildman–Crippen LogP) is 2.61. The maximum Gasteiger partial charge on any atom is 0.0470 e. The van der Waals surface area contributed by atoms with Gasteiger partial charge in [-0.25, -0.2) is 0 Å². The van der Waals surface area contributed by atoms with Crippen molar-refractivity contribution in [3.63, 3.8) is 0 Å². The number of hydrogen-bond donors (Lipinski definition) is 0. The standard InChI is InChI=1S/C4H3Br2/c1-2-4(6)3-5/h2H,1H2. The highest BCUT2D eigenvalue weighted by Crippen LogP contribution is 2.05. The van der Waals surface area contributed by atoms with Gasteiger partial charge in [0.1, 0.15) is 0 Å². The zero-order valence-electron chi connectivity index (χ0n) is 3.04. The first-order valence-corrected chi connectivity index (χ1v) is 2.91. The van der Waals surface area contributed by atoms with Gasteiger partial charge in [-0.2, -0.15) is 0 Å². The van der Waals surface area contributed by atoms with E-state index in [2.05, 4.69) is 43.4 Å². The van der Waals surface area contributed by atoms with E-state index in [0.29, 0.717) is 0 Å². The van der Waals surface area contributed by atoms with Gasteiger partial charge in [0.05, 0.1) is 0 Å². The molecular weight excluding hydrogens is 208 g/mol. The van der Waals surface area contributed by atoms with Crippen LogP contribution in [0, 0.1) is 4.99 Å². The molecule has 0 atom stereocenters. The highest BCUT2D eigenvalue weighted by atomic mass is 79.9. The summed E-state index contributed by atoms with van der Waals surface area (Å²) in [7, 11) is 0. The van der Waals surface area contributed by atoms with Crippen molar-refractivity contribution in [3.05, 3.63) is 22.1 Å². The van der Waals surface area contributed by atoms with Crippen molar-refractivity contribution in [1.29, 1.82) is 0 Å². The van der Waals surface area contributed by atoms with Crippen molar-refractivity contribution >= 4 is 31.9 Å². The van der Waals surface area contributed by atoms with Gasteiger partial charge in [0.15, 0.2) is 0 Å². The Kier molecular flexibility index (Phi) is 3.89. The summed E-state index contributed by atoms with van der Waals surface area (Å²) < 4.78 is 0.836. The van der Waals surface area contributed by atoms with Gasteiger partial charge in [-0.1, -0.05) is 12.7 Å². The topological polar surface area (TPSA) is 0 Å². The van der Waals surface area contributed by atoms with E-state index in [9.17, 15) is 0 Å². The van der Waals surface area contributed by atoms with Crippen LogP contribution in [0.1, 0.15) is 0 Å². The third kappa shape index (κ3) is 2.67. The van der Waals surface area contributed by atoms with E-state index in [1.807, 2.05) is 0 Å². The molecule has 33 valence electrons. The van der Waals surface area contributed by atoms with Crippen molar-refractivity contribution in [2.24, 2.45) is 0 Å². The molecule has 0 aromatic rings. The second-order valence-corrected chi connectivity index (χ2v) is 1.90. The maximum atomic E-state index is 3.46. The Morgan fingerprint density at radius 1 is 1.83 bits per heavy atom. The van der Waals surface area contributed by atoms with Crippen molar-refractivity contribution in [2.75, 3.05) is 0 Å². The van der Waals surface area contributed by atoms with E-state index in [1.54, 1.807) is 6.08 Å². The summed E-state index contributed by atoms with van der Waals surface area (Å²) in [6, 6.07) is 0. The Labute approximate surface area is 54.2 Å². The molecule has 0 saturated heterocycles. The van der Waals surface area contributed by atoms with Gasteiger partial charge in [0.2, 0.25) is 0 Å². The summed E-state index contributed by atoms with van der Waals surface area (Å²) in [6.07, 6.45) is 1.65. The quantitative estimate of drug-likeness (QED) is 0.584. The van der Waals surface area contributed by atoms with Crippen LogP contribution >= 0.6 is 31.9 Å². The van der Waals surface area contributed by atoms with Crippen LogP contribution in [-0.4, -0.2) is 0 Å². The molecule has 0 spiro atoms. The predicted molar refractivity (Wildman–Crippen MR) is 34.8 cm³/mol. The maximum absolute atomic E-state index is 3.46. The van der Waals surface area contributed by atoms with Gasteiger partial charge in [0.25, 0.3) is 0 Å². The Hall–Kier alpha value is 0.440. The van der Waals surface area contributed by atoms with E-state index in [1.165, 1.54) is 0 Å². The van der Waals surface area contributed by atoms with Crippen molar-refractivity contribution in [1.82, 2.24) is 0 Å². The van der Waals surface area contributed by atoms with Gasteiger partial charge in [-0.3, -0.25) is 0 Å². The molecule has 0 rings (SSSR count). The lowest BCUT2D eigenvalue weighted by Gasteiger charge is -1.72. The molecule has 0 bridgehead atoms. The lowest BCUT2D eigenvalue weighted by molar-refractivity contribution is 2.03. The molecule has 0 aliphatic heterocycles. The van der Waals surface area contributed by atoms with Crippen molar-refractivity contribution < 1.29 is 0 Å². The molecule has 0 unspecified atom stereocenters. The van der Waals surface area contributed by atoms with Gasteiger partial charge in [-0.15, -0.1) is 0 Å². The average molecular weight is 211 g/mol. The zero-order valence-corrected chi connectivity index (χ0v) is 6.21. The SMILES string of the molecule is C=C/C(Br)=[C]\Br. The summed E-state index contributed by atoms with van der Waals surface area (Å²) in [5, 5.41) is 0. The smallest absolute Gasteiger partial charge is 0.0470 e. The highest BCUT2D eigenvalue weighted by Gasteiger charge is 1.72. The molecular formula is C4H3Br2. The lowest BCUT2D eigenvalue weighted by Crippen LogP contribution is -1.47. The molecule has 0 amide bonds. The van der Waals surface area contributed by atoms with Crippen LogP contribution < -0.4 is 0 Å². The first kappa shape index (κ1) is 6.44. The second kappa shape index (κ2) is 3.62. The zero-order chi connectivity index (χ0) is 4.99. The van der Waals surface area contributed by atoms with E-state index >= 15 is 0 Å². The summed E-state index contributed by atoms with van der Waals surface area (Å²) in [5.74, 6) is 0. The highest BCUT2D eigenvalue weighted by molar-refractivity contribution is 9.13. The third-order valence-corrected chi connectivity index (χ3v) is 1.75. The van der Waals surface area contributed by atoms with E-state index in [4.69, 9.17) is 0 Å². The Bertz CT molecular complexity index is 73.6. The van der Waals surface area contributed by atoms with Crippen LogP contribution in [0.25, 0.3) is 0 Å². The van der Waals surface area contributed by atoms with Gasteiger partial charge >= 0.3 is 0 Å². The minimum absolute atomic E-state index is 0.836. The van der Waals surface area contributed by atoms with E-state index < -0.39 is 0 Å². The lowest BCUT2D eigenvalue weighted by atomic mass is 10.6. The van der Waals surface area contributed by atoms with E-state index in [-0.39, 0.29) is 0 Å². The molecule has 0 fully saturated rings. The molecule has 0 saturated carbocycles. The van der Waals surface area contributed by atoms with Crippen LogP contribution in [0.15, 0.2) is 17.1 Å². The van der Waals surface area contributed by atoms with Crippen LogP contribution in [-0.2, 0) is 0 Å². The monoisotopic (exact) mass is 209 g/mol. The minimum Gasteiger partial charge on any atom is -0.0979 e. The fourth-order valence-electron chi connectivity index (χ4n) is 0.0386. The summed E-state index contributed by atoms with van der Waals surface area (Å²) in [4.78, 5) is 2.64. The molecule has 0 N–H and O–H groups in total. The third-order valence-electron chi connectivity index (χ3n) is 0.269. The van der Waals surface area contributed by atoms with Crippen molar-refractivity contribution in [2.45, 2.75) is 0 Å². The second-order valence-electron chi connectivity index (χ2n) is 0.647. The van der Waals surface area contributed by atoms with Gasteiger partial charge in [-0.05, 0) is 31.9 Å². The number of halogens is 2. The number of hydrogen-bond acceptors (Lipinski definition) is 0. The Balaban J connectivity index is 3.50. The molecule has 0 aromatic carbocycles. The molecule has 0 heterocycles. The fourth-order valence-corrected chi connectivity index (χ4v) is 0.200. The van der Waals surface area contributed by atoms with Crippen LogP contribution in [0.4, 0.5) is 0 Å². The van der Waals surface area contributed by atoms with E-state index in [0.717, 1.165) is 4.48 Å². The largest absolute Gasteiger partial charge is 0.0979 e. The summed E-state index contributed by atoms with van der Waals surface area (Å²) in [6.45, 7) is 3.46. The summed E-state index contributed by atoms with van der Waals surface area (Å²) in [5.41, 5.74) is 0. The molecule has 0 aromatic heterocycles. The molecule has 6 heavy (non-hydrogen) atoms. The van der Waals surface area contributed by atoms with Crippen LogP contribution in [0.5, 0.6) is 0 Å². The van der Waals surface area contributed by atoms with Gasteiger partial charge in [0, 0.05) is 9.47 Å².